The van der Waals surface area contributed by atoms with Gasteiger partial charge >= 0.3 is 6.09 Å². The van der Waals surface area contributed by atoms with E-state index in [0.29, 0.717) is 19.4 Å². The summed E-state index contributed by atoms with van der Waals surface area (Å²) in [6, 6.07) is -0.195. The van der Waals surface area contributed by atoms with Crippen LogP contribution in [0.5, 0.6) is 0 Å². The lowest BCUT2D eigenvalue weighted by atomic mass is 9.97. The number of hydrogen-bond donors (Lipinski definition) is 2. The van der Waals surface area contributed by atoms with Gasteiger partial charge in [0.05, 0.1) is 12.6 Å². The van der Waals surface area contributed by atoms with Crippen LogP contribution in [-0.2, 0) is 4.74 Å². The first kappa shape index (κ1) is 14.0. The number of nitrogens with zero attached hydrogens (tertiary/aromatic N) is 1. The van der Waals surface area contributed by atoms with Crippen molar-refractivity contribution in [3.05, 3.63) is 12.7 Å². The summed E-state index contributed by atoms with van der Waals surface area (Å²) in [5, 5.41) is 18.4. The lowest BCUT2D eigenvalue weighted by molar-refractivity contribution is -0.0426. The van der Waals surface area contributed by atoms with Crippen molar-refractivity contribution in [2.45, 2.75) is 38.5 Å². The van der Waals surface area contributed by atoms with E-state index in [1.807, 2.05) is 0 Å². The van der Waals surface area contributed by atoms with Gasteiger partial charge in [-0.3, -0.25) is 4.90 Å². The molecular formula is C12H21NO4. The van der Waals surface area contributed by atoms with Gasteiger partial charge in [0.25, 0.3) is 0 Å². The number of carboxylic acid groups (broad SMARTS) is 1. The van der Waals surface area contributed by atoms with Crippen molar-refractivity contribution in [3.8, 4) is 0 Å². The van der Waals surface area contributed by atoms with Crippen LogP contribution in [-0.4, -0.2) is 46.2 Å². The summed E-state index contributed by atoms with van der Waals surface area (Å²) in [5.74, 6) is 0.0387. The summed E-state index contributed by atoms with van der Waals surface area (Å²) in [6.45, 7) is 7.53. The molecule has 0 spiro atoms. The zero-order valence-corrected chi connectivity index (χ0v) is 10.4. The van der Waals surface area contributed by atoms with Gasteiger partial charge in [-0.25, -0.2) is 4.79 Å². The number of ether oxygens (including phenoxy) is 1. The fourth-order valence-corrected chi connectivity index (χ4v) is 2.31. The number of aliphatic hydroxyl groups excluding tert-OH is 1. The molecule has 0 aromatic heterocycles. The first-order chi connectivity index (χ1) is 7.92. The van der Waals surface area contributed by atoms with Gasteiger partial charge in [0.1, 0.15) is 5.72 Å². The van der Waals surface area contributed by atoms with Crippen molar-refractivity contribution in [2.75, 3.05) is 13.2 Å². The van der Waals surface area contributed by atoms with Crippen LogP contribution in [0.2, 0.25) is 0 Å². The third kappa shape index (κ3) is 3.20. The molecule has 0 bridgehead atoms. The summed E-state index contributed by atoms with van der Waals surface area (Å²) in [5.41, 5.74) is -0.787. The Kier molecular flexibility index (Phi) is 4.54. The number of carbonyl (C=O) groups is 1. The molecular weight excluding hydrogens is 222 g/mol. The Morgan fingerprint density at radius 1 is 1.71 bits per heavy atom. The topological polar surface area (TPSA) is 70.0 Å². The van der Waals surface area contributed by atoms with Crippen LogP contribution < -0.4 is 0 Å². The highest BCUT2D eigenvalue weighted by atomic mass is 16.5. The SMILES string of the molecule is C=CCC(CO)CC1COC(C)(C)N1C(=O)O. The number of aliphatic hydroxyl groups is 1. The Labute approximate surface area is 102 Å². The fraction of sp³-hybridized carbons (Fsp3) is 0.750. The number of allylic oxidation sites excluding steroid dienone is 1. The monoisotopic (exact) mass is 243 g/mol. The molecule has 1 heterocycles. The molecule has 2 N–H and O–H groups in total. The van der Waals surface area contributed by atoms with E-state index in [-0.39, 0.29) is 18.6 Å². The number of amides is 1. The average molecular weight is 243 g/mol. The van der Waals surface area contributed by atoms with Crippen LogP contribution in [0, 0.1) is 5.92 Å². The minimum Gasteiger partial charge on any atom is -0.465 e. The van der Waals surface area contributed by atoms with Gasteiger partial charge in [0.2, 0.25) is 0 Å². The molecule has 2 atom stereocenters. The molecule has 1 aliphatic heterocycles. The summed E-state index contributed by atoms with van der Waals surface area (Å²) < 4.78 is 5.49. The van der Waals surface area contributed by atoms with Crippen molar-refractivity contribution in [2.24, 2.45) is 5.92 Å². The van der Waals surface area contributed by atoms with E-state index in [9.17, 15) is 15.0 Å². The molecule has 1 rings (SSSR count). The Balaban J connectivity index is 2.70. The number of rotatable bonds is 5. The van der Waals surface area contributed by atoms with Crippen molar-refractivity contribution in [3.63, 3.8) is 0 Å². The minimum absolute atomic E-state index is 0.0381. The molecule has 1 amide bonds. The van der Waals surface area contributed by atoms with Crippen LogP contribution in [0.1, 0.15) is 26.7 Å². The van der Waals surface area contributed by atoms with Crippen molar-refractivity contribution in [1.29, 1.82) is 0 Å². The molecule has 5 heteroatoms. The maximum Gasteiger partial charge on any atom is 0.409 e. The highest BCUT2D eigenvalue weighted by molar-refractivity contribution is 5.66. The first-order valence-electron chi connectivity index (χ1n) is 5.80. The van der Waals surface area contributed by atoms with Crippen LogP contribution in [0.25, 0.3) is 0 Å². The molecule has 0 aliphatic carbocycles. The van der Waals surface area contributed by atoms with E-state index in [1.165, 1.54) is 4.90 Å². The first-order valence-corrected chi connectivity index (χ1v) is 5.80. The van der Waals surface area contributed by atoms with E-state index in [4.69, 9.17) is 4.74 Å². The van der Waals surface area contributed by atoms with Gasteiger partial charge in [-0.05, 0) is 32.6 Å². The molecule has 1 aliphatic rings. The second kappa shape index (κ2) is 5.51. The maximum absolute atomic E-state index is 11.2. The van der Waals surface area contributed by atoms with Gasteiger partial charge in [-0.2, -0.15) is 0 Å². The second-order valence-corrected chi connectivity index (χ2v) is 4.87. The highest BCUT2D eigenvalue weighted by Gasteiger charge is 2.44. The molecule has 2 unspecified atom stereocenters. The van der Waals surface area contributed by atoms with Crippen molar-refractivity contribution >= 4 is 6.09 Å². The standard InChI is InChI=1S/C12H21NO4/c1-4-5-9(7-14)6-10-8-17-12(2,3)13(10)11(15)16/h4,9-10,14H,1,5-8H2,2-3H3,(H,15,16). The Bertz CT molecular complexity index is 290. The zero-order valence-electron chi connectivity index (χ0n) is 10.4. The summed E-state index contributed by atoms with van der Waals surface area (Å²) in [4.78, 5) is 12.6. The molecule has 5 nitrogen and oxygen atoms in total. The minimum atomic E-state index is -0.979. The van der Waals surface area contributed by atoms with E-state index < -0.39 is 11.8 Å². The molecule has 1 fully saturated rings. The van der Waals surface area contributed by atoms with Gasteiger partial charge in [0.15, 0.2) is 0 Å². The molecule has 0 radical (unpaired) electrons. The largest absolute Gasteiger partial charge is 0.465 e. The van der Waals surface area contributed by atoms with E-state index in [0.717, 1.165) is 0 Å². The Morgan fingerprint density at radius 3 is 2.82 bits per heavy atom. The quantitative estimate of drug-likeness (QED) is 0.721. The van der Waals surface area contributed by atoms with E-state index >= 15 is 0 Å². The summed E-state index contributed by atoms with van der Waals surface area (Å²) in [6.07, 6.45) is 2.04. The smallest absolute Gasteiger partial charge is 0.409 e. The van der Waals surface area contributed by atoms with E-state index in [2.05, 4.69) is 6.58 Å². The second-order valence-electron chi connectivity index (χ2n) is 4.87. The summed E-state index contributed by atoms with van der Waals surface area (Å²) >= 11 is 0. The average Bonchev–Trinajstić information content (AvgIpc) is 2.53. The molecule has 0 aromatic rings. The maximum atomic E-state index is 11.2. The Morgan fingerprint density at radius 2 is 2.35 bits per heavy atom. The van der Waals surface area contributed by atoms with Crippen LogP contribution in [0.15, 0.2) is 12.7 Å². The third-order valence-corrected chi connectivity index (χ3v) is 3.14. The molecule has 17 heavy (non-hydrogen) atoms. The lowest BCUT2D eigenvalue weighted by Gasteiger charge is -2.32. The molecule has 1 saturated heterocycles. The molecule has 98 valence electrons. The highest BCUT2D eigenvalue weighted by Crippen LogP contribution is 2.31. The van der Waals surface area contributed by atoms with Crippen LogP contribution in [0.4, 0.5) is 4.79 Å². The van der Waals surface area contributed by atoms with Gasteiger partial charge in [-0.15, -0.1) is 6.58 Å². The lowest BCUT2D eigenvalue weighted by Crippen LogP contribution is -2.47. The van der Waals surface area contributed by atoms with Crippen LogP contribution >= 0.6 is 0 Å². The Hall–Kier alpha value is -1.07. The molecule has 0 aromatic carbocycles. The van der Waals surface area contributed by atoms with Crippen LogP contribution in [0.3, 0.4) is 0 Å². The fourth-order valence-electron chi connectivity index (χ4n) is 2.31. The van der Waals surface area contributed by atoms with E-state index in [1.54, 1.807) is 19.9 Å². The third-order valence-electron chi connectivity index (χ3n) is 3.14. The zero-order chi connectivity index (χ0) is 13.1. The predicted octanol–water partition coefficient (Wildman–Crippen LogP) is 1.68. The van der Waals surface area contributed by atoms with Gasteiger partial charge in [-0.1, -0.05) is 6.08 Å². The predicted molar refractivity (Wildman–Crippen MR) is 63.7 cm³/mol. The normalized spacial score (nSPS) is 24.6. The van der Waals surface area contributed by atoms with Crippen molar-refractivity contribution < 1.29 is 19.7 Å². The molecule has 0 saturated carbocycles. The van der Waals surface area contributed by atoms with Gasteiger partial charge < -0.3 is 14.9 Å². The number of hydrogen-bond acceptors (Lipinski definition) is 3. The van der Waals surface area contributed by atoms with Crippen molar-refractivity contribution in [1.82, 2.24) is 4.90 Å². The van der Waals surface area contributed by atoms with Gasteiger partial charge in [0, 0.05) is 6.61 Å². The summed E-state index contributed by atoms with van der Waals surface area (Å²) in [7, 11) is 0.